The molecule has 0 spiro atoms. The van der Waals surface area contributed by atoms with Gasteiger partial charge >= 0.3 is 5.97 Å². The largest absolute Gasteiger partial charge is 0.480 e. The standard InChI is InChI=1S/C8H17N3O2/c1-5(9)4-6(10)2-3-7(11)8(12)13/h4,6-7H,2-3,9-11H2,1H3,(H,12,13)/b5-4-. The molecule has 76 valence electrons. The van der Waals surface area contributed by atoms with Gasteiger partial charge in [0.25, 0.3) is 0 Å². The van der Waals surface area contributed by atoms with Gasteiger partial charge in [-0.3, -0.25) is 4.79 Å². The van der Waals surface area contributed by atoms with E-state index in [1.165, 1.54) is 0 Å². The maximum absolute atomic E-state index is 10.3. The molecular formula is C8H17N3O2. The molecule has 5 heteroatoms. The Labute approximate surface area is 77.6 Å². The van der Waals surface area contributed by atoms with Crippen LogP contribution in [0.1, 0.15) is 19.8 Å². The molecule has 5 nitrogen and oxygen atoms in total. The Kier molecular flexibility index (Phi) is 5.10. The number of carboxylic acids is 1. The van der Waals surface area contributed by atoms with Gasteiger partial charge in [0.2, 0.25) is 0 Å². The van der Waals surface area contributed by atoms with Crippen LogP contribution in [0.3, 0.4) is 0 Å². The summed E-state index contributed by atoms with van der Waals surface area (Å²) < 4.78 is 0. The Morgan fingerprint density at radius 1 is 1.46 bits per heavy atom. The zero-order valence-corrected chi connectivity index (χ0v) is 7.73. The van der Waals surface area contributed by atoms with Crippen molar-refractivity contribution >= 4 is 5.97 Å². The number of carbonyl (C=O) groups is 1. The molecular weight excluding hydrogens is 170 g/mol. The minimum Gasteiger partial charge on any atom is -0.480 e. The summed E-state index contributed by atoms with van der Waals surface area (Å²) in [5.74, 6) is -0.999. The first-order valence-corrected chi connectivity index (χ1v) is 4.11. The summed E-state index contributed by atoms with van der Waals surface area (Å²) in [6, 6.07) is -1.05. The summed E-state index contributed by atoms with van der Waals surface area (Å²) in [5, 5.41) is 8.47. The first kappa shape index (κ1) is 11.9. The zero-order valence-electron chi connectivity index (χ0n) is 7.73. The van der Waals surface area contributed by atoms with Crippen molar-refractivity contribution in [2.45, 2.75) is 31.8 Å². The topological polar surface area (TPSA) is 115 Å². The maximum atomic E-state index is 10.3. The number of aliphatic carboxylic acids is 1. The number of carboxylic acid groups (broad SMARTS) is 1. The van der Waals surface area contributed by atoms with E-state index in [0.29, 0.717) is 18.5 Å². The first-order valence-electron chi connectivity index (χ1n) is 4.11. The van der Waals surface area contributed by atoms with E-state index in [4.69, 9.17) is 22.3 Å². The molecule has 7 N–H and O–H groups in total. The average Bonchev–Trinajstić information content (AvgIpc) is 1.98. The molecule has 0 aliphatic carbocycles. The highest BCUT2D eigenvalue weighted by Gasteiger charge is 2.12. The second kappa shape index (κ2) is 5.55. The normalized spacial score (nSPS) is 16.7. The van der Waals surface area contributed by atoms with Crippen molar-refractivity contribution in [1.82, 2.24) is 0 Å². The highest BCUT2D eigenvalue weighted by atomic mass is 16.4. The lowest BCUT2D eigenvalue weighted by atomic mass is 10.1. The van der Waals surface area contributed by atoms with Crippen molar-refractivity contribution in [3.05, 3.63) is 11.8 Å². The smallest absolute Gasteiger partial charge is 0.320 e. The zero-order chi connectivity index (χ0) is 10.4. The van der Waals surface area contributed by atoms with Crippen molar-refractivity contribution in [1.29, 1.82) is 0 Å². The van der Waals surface area contributed by atoms with Gasteiger partial charge in [0, 0.05) is 11.7 Å². The lowest BCUT2D eigenvalue weighted by Gasteiger charge is -2.09. The Bertz CT molecular complexity index is 200. The number of hydrogen-bond acceptors (Lipinski definition) is 4. The summed E-state index contributed by atoms with van der Waals surface area (Å²) in [6.07, 6.45) is 2.58. The quantitative estimate of drug-likeness (QED) is 0.457. The maximum Gasteiger partial charge on any atom is 0.320 e. The minimum atomic E-state index is -0.999. The lowest BCUT2D eigenvalue weighted by Crippen LogP contribution is -2.32. The third-order valence-corrected chi connectivity index (χ3v) is 1.61. The molecule has 0 amide bonds. The van der Waals surface area contributed by atoms with Crippen LogP contribution in [-0.4, -0.2) is 23.2 Å². The van der Waals surface area contributed by atoms with Gasteiger partial charge in [0.05, 0.1) is 0 Å². The van der Waals surface area contributed by atoms with Gasteiger partial charge < -0.3 is 22.3 Å². The van der Waals surface area contributed by atoms with Crippen LogP contribution in [0.5, 0.6) is 0 Å². The molecule has 0 heterocycles. The van der Waals surface area contributed by atoms with Gasteiger partial charge in [-0.2, -0.15) is 0 Å². The number of nitrogens with two attached hydrogens (primary N) is 3. The van der Waals surface area contributed by atoms with E-state index in [2.05, 4.69) is 0 Å². The second-order valence-electron chi connectivity index (χ2n) is 3.10. The Hall–Kier alpha value is -1.07. The summed E-state index contributed by atoms with van der Waals surface area (Å²) in [4.78, 5) is 10.3. The van der Waals surface area contributed by atoms with Crippen molar-refractivity contribution in [3.63, 3.8) is 0 Å². The molecule has 0 saturated heterocycles. The van der Waals surface area contributed by atoms with Gasteiger partial charge in [-0.1, -0.05) is 0 Å². The highest BCUT2D eigenvalue weighted by Crippen LogP contribution is 2.00. The molecule has 0 fully saturated rings. The summed E-state index contributed by atoms with van der Waals surface area (Å²) in [7, 11) is 0. The fraction of sp³-hybridized carbons (Fsp3) is 0.625. The van der Waals surface area contributed by atoms with E-state index in [-0.39, 0.29) is 6.04 Å². The molecule has 0 radical (unpaired) electrons. The van der Waals surface area contributed by atoms with Crippen LogP contribution in [0, 0.1) is 0 Å². The predicted molar refractivity (Wildman–Crippen MR) is 50.8 cm³/mol. The summed E-state index contributed by atoms with van der Waals surface area (Å²) in [6.45, 7) is 1.73. The van der Waals surface area contributed by atoms with Crippen LogP contribution in [0.25, 0.3) is 0 Å². The fourth-order valence-electron chi connectivity index (χ4n) is 0.916. The van der Waals surface area contributed by atoms with E-state index in [1.807, 2.05) is 0 Å². The van der Waals surface area contributed by atoms with Crippen molar-refractivity contribution < 1.29 is 9.90 Å². The van der Waals surface area contributed by atoms with Crippen LogP contribution < -0.4 is 17.2 Å². The van der Waals surface area contributed by atoms with Gasteiger partial charge in [0.1, 0.15) is 6.04 Å². The average molecular weight is 187 g/mol. The molecule has 0 rings (SSSR count). The first-order chi connectivity index (χ1) is 5.93. The highest BCUT2D eigenvalue weighted by molar-refractivity contribution is 5.72. The third-order valence-electron chi connectivity index (χ3n) is 1.61. The van der Waals surface area contributed by atoms with Crippen LogP contribution >= 0.6 is 0 Å². The Morgan fingerprint density at radius 2 is 2.00 bits per heavy atom. The number of hydrogen-bond donors (Lipinski definition) is 4. The van der Waals surface area contributed by atoms with Gasteiger partial charge in [-0.15, -0.1) is 0 Å². The van der Waals surface area contributed by atoms with Crippen molar-refractivity contribution in [2.75, 3.05) is 0 Å². The molecule has 0 bridgehead atoms. The monoisotopic (exact) mass is 187 g/mol. The van der Waals surface area contributed by atoms with Gasteiger partial charge in [-0.05, 0) is 25.8 Å². The molecule has 0 aliphatic heterocycles. The molecule has 0 aromatic rings. The lowest BCUT2D eigenvalue weighted by molar-refractivity contribution is -0.138. The Morgan fingerprint density at radius 3 is 2.38 bits per heavy atom. The molecule has 0 aromatic carbocycles. The van der Waals surface area contributed by atoms with E-state index < -0.39 is 12.0 Å². The van der Waals surface area contributed by atoms with E-state index in [1.54, 1.807) is 13.0 Å². The van der Waals surface area contributed by atoms with Crippen molar-refractivity contribution in [3.8, 4) is 0 Å². The SMILES string of the molecule is C/C(N)=C/C(N)CCC(N)C(=O)O. The molecule has 0 saturated carbocycles. The van der Waals surface area contributed by atoms with E-state index in [0.717, 1.165) is 0 Å². The second-order valence-corrected chi connectivity index (χ2v) is 3.10. The molecule has 2 atom stereocenters. The van der Waals surface area contributed by atoms with Crippen LogP contribution in [0.2, 0.25) is 0 Å². The molecule has 0 aromatic heterocycles. The van der Waals surface area contributed by atoms with Crippen LogP contribution in [0.4, 0.5) is 0 Å². The van der Waals surface area contributed by atoms with E-state index in [9.17, 15) is 4.79 Å². The predicted octanol–water partition coefficient (Wildman–Crippen LogP) is -0.632. The minimum absolute atomic E-state index is 0.213. The van der Waals surface area contributed by atoms with Gasteiger partial charge in [-0.25, -0.2) is 0 Å². The fourth-order valence-corrected chi connectivity index (χ4v) is 0.916. The number of allylic oxidation sites excluding steroid dienone is 1. The third kappa shape index (κ3) is 6.12. The van der Waals surface area contributed by atoms with Crippen LogP contribution in [0.15, 0.2) is 11.8 Å². The molecule has 2 unspecified atom stereocenters. The molecule has 13 heavy (non-hydrogen) atoms. The number of rotatable bonds is 5. The van der Waals surface area contributed by atoms with E-state index >= 15 is 0 Å². The summed E-state index contributed by atoms with van der Waals surface area (Å²) in [5.41, 5.74) is 16.9. The molecule has 0 aliphatic rings. The Balaban J connectivity index is 3.76. The van der Waals surface area contributed by atoms with Gasteiger partial charge in [0.15, 0.2) is 0 Å². The summed E-state index contributed by atoms with van der Waals surface area (Å²) >= 11 is 0. The van der Waals surface area contributed by atoms with Crippen molar-refractivity contribution in [2.24, 2.45) is 17.2 Å². The van der Waals surface area contributed by atoms with Crippen LogP contribution in [-0.2, 0) is 4.79 Å².